The summed E-state index contributed by atoms with van der Waals surface area (Å²) in [6.45, 7) is 1.66. The molecular weight excluding hydrogens is 316 g/mol. The van der Waals surface area contributed by atoms with E-state index in [0.717, 1.165) is 17.3 Å². The second-order valence-electron chi connectivity index (χ2n) is 4.40. The number of amides is 1. The SMILES string of the molecule is CC(C(=O)NC1CC1)S(=O)c1ccc(Br)cc1N. The van der Waals surface area contributed by atoms with E-state index in [1.165, 1.54) is 0 Å². The van der Waals surface area contributed by atoms with E-state index in [2.05, 4.69) is 21.2 Å². The van der Waals surface area contributed by atoms with Gasteiger partial charge in [0.2, 0.25) is 5.91 Å². The summed E-state index contributed by atoms with van der Waals surface area (Å²) < 4.78 is 13.1. The van der Waals surface area contributed by atoms with Crippen molar-refractivity contribution < 1.29 is 9.00 Å². The van der Waals surface area contributed by atoms with Gasteiger partial charge in [-0.15, -0.1) is 0 Å². The molecule has 1 aliphatic carbocycles. The zero-order chi connectivity index (χ0) is 13.3. The fraction of sp³-hybridized carbons (Fsp3) is 0.417. The van der Waals surface area contributed by atoms with Crippen molar-refractivity contribution in [2.45, 2.75) is 36.0 Å². The monoisotopic (exact) mass is 330 g/mol. The third-order valence-electron chi connectivity index (χ3n) is 2.80. The highest BCUT2D eigenvalue weighted by Gasteiger charge is 2.29. The summed E-state index contributed by atoms with van der Waals surface area (Å²) in [6, 6.07) is 5.43. The Labute approximate surface area is 117 Å². The number of halogens is 1. The molecule has 0 radical (unpaired) electrons. The summed E-state index contributed by atoms with van der Waals surface area (Å²) >= 11 is 3.29. The Morgan fingerprint density at radius 1 is 1.56 bits per heavy atom. The molecule has 18 heavy (non-hydrogen) atoms. The average molecular weight is 331 g/mol. The standard InChI is InChI=1S/C12H15BrN2O2S/c1-7(12(16)15-9-3-4-9)18(17)11-5-2-8(13)6-10(11)14/h2,5-7,9H,3-4,14H2,1H3,(H,15,16). The van der Waals surface area contributed by atoms with E-state index in [1.807, 2.05) is 0 Å². The van der Waals surface area contributed by atoms with Gasteiger partial charge in [-0.3, -0.25) is 9.00 Å². The topological polar surface area (TPSA) is 72.2 Å². The fourth-order valence-corrected chi connectivity index (χ4v) is 3.05. The van der Waals surface area contributed by atoms with E-state index in [-0.39, 0.29) is 11.9 Å². The first kappa shape index (κ1) is 13.5. The van der Waals surface area contributed by atoms with Gasteiger partial charge in [-0.2, -0.15) is 0 Å². The van der Waals surface area contributed by atoms with Gasteiger partial charge >= 0.3 is 0 Å². The van der Waals surface area contributed by atoms with Gasteiger partial charge in [0.15, 0.2) is 0 Å². The number of benzene rings is 1. The van der Waals surface area contributed by atoms with Gasteiger partial charge in [-0.1, -0.05) is 15.9 Å². The molecule has 3 N–H and O–H groups in total. The predicted octanol–water partition coefficient (Wildman–Crippen LogP) is 1.81. The molecule has 1 amide bonds. The van der Waals surface area contributed by atoms with Crippen LogP contribution in [0.15, 0.2) is 27.6 Å². The van der Waals surface area contributed by atoms with Crippen molar-refractivity contribution in [2.75, 3.05) is 5.73 Å². The zero-order valence-electron chi connectivity index (χ0n) is 9.98. The van der Waals surface area contributed by atoms with Crippen LogP contribution in [0, 0.1) is 0 Å². The number of hydrogen-bond acceptors (Lipinski definition) is 3. The Morgan fingerprint density at radius 3 is 2.78 bits per heavy atom. The minimum absolute atomic E-state index is 0.168. The fourth-order valence-electron chi connectivity index (χ4n) is 1.54. The first-order chi connectivity index (χ1) is 8.49. The molecule has 1 aromatic rings. The van der Waals surface area contributed by atoms with Crippen molar-refractivity contribution in [3.05, 3.63) is 22.7 Å². The quantitative estimate of drug-likeness (QED) is 0.827. The highest BCUT2D eigenvalue weighted by atomic mass is 79.9. The maximum atomic E-state index is 12.3. The Balaban J connectivity index is 2.11. The molecule has 0 aromatic heterocycles. The maximum absolute atomic E-state index is 12.3. The lowest BCUT2D eigenvalue weighted by atomic mass is 10.3. The van der Waals surface area contributed by atoms with Crippen molar-refractivity contribution in [1.82, 2.24) is 5.32 Å². The molecule has 0 heterocycles. The highest BCUT2D eigenvalue weighted by molar-refractivity contribution is 9.10. The smallest absolute Gasteiger partial charge is 0.236 e. The number of carbonyl (C=O) groups excluding carboxylic acids is 1. The summed E-state index contributed by atoms with van der Waals surface area (Å²) in [6.07, 6.45) is 2.04. The van der Waals surface area contributed by atoms with Crippen LogP contribution in [0.25, 0.3) is 0 Å². The van der Waals surface area contributed by atoms with Crippen LogP contribution in [0.4, 0.5) is 5.69 Å². The van der Waals surface area contributed by atoms with E-state index >= 15 is 0 Å². The van der Waals surface area contributed by atoms with Crippen LogP contribution in [0.3, 0.4) is 0 Å². The van der Waals surface area contributed by atoms with Crippen molar-refractivity contribution in [3.8, 4) is 0 Å². The highest BCUT2D eigenvalue weighted by Crippen LogP contribution is 2.24. The molecule has 98 valence electrons. The van der Waals surface area contributed by atoms with Gasteiger partial charge in [0.1, 0.15) is 5.25 Å². The molecule has 2 atom stereocenters. The van der Waals surface area contributed by atoms with Gasteiger partial charge in [0, 0.05) is 16.2 Å². The second kappa shape index (κ2) is 5.40. The minimum Gasteiger partial charge on any atom is -0.398 e. The molecule has 6 heteroatoms. The lowest BCUT2D eigenvalue weighted by molar-refractivity contribution is -0.120. The number of carbonyl (C=O) groups is 1. The number of nitrogens with one attached hydrogen (secondary N) is 1. The number of rotatable bonds is 4. The molecule has 1 aliphatic rings. The van der Waals surface area contributed by atoms with Crippen molar-refractivity contribution >= 4 is 38.3 Å². The number of hydrogen-bond donors (Lipinski definition) is 2. The first-order valence-corrected chi connectivity index (χ1v) is 7.75. The van der Waals surface area contributed by atoms with Gasteiger partial charge in [-0.05, 0) is 38.0 Å². The Hall–Kier alpha value is -0.880. The molecule has 0 saturated heterocycles. The van der Waals surface area contributed by atoms with Crippen LogP contribution in [-0.4, -0.2) is 21.4 Å². The van der Waals surface area contributed by atoms with E-state index in [0.29, 0.717) is 10.6 Å². The molecule has 1 fully saturated rings. The van der Waals surface area contributed by atoms with Gasteiger partial charge in [0.05, 0.1) is 15.7 Å². The molecule has 1 saturated carbocycles. The molecule has 2 rings (SSSR count). The molecular formula is C12H15BrN2O2S. The molecule has 1 aromatic carbocycles. The maximum Gasteiger partial charge on any atom is 0.236 e. The van der Waals surface area contributed by atoms with Crippen molar-refractivity contribution in [2.24, 2.45) is 0 Å². The molecule has 0 spiro atoms. The molecule has 0 aliphatic heterocycles. The average Bonchev–Trinajstić information content (AvgIpc) is 3.11. The lowest BCUT2D eigenvalue weighted by Gasteiger charge is -2.13. The first-order valence-electron chi connectivity index (χ1n) is 5.75. The van der Waals surface area contributed by atoms with E-state index < -0.39 is 16.0 Å². The van der Waals surface area contributed by atoms with Gasteiger partial charge in [-0.25, -0.2) is 0 Å². The lowest BCUT2D eigenvalue weighted by Crippen LogP contribution is -2.36. The summed E-state index contributed by atoms with van der Waals surface area (Å²) in [4.78, 5) is 12.3. The van der Waals surface area contributed by atoms with Crippen LogP contribution < -0.4 is 11.1 Å². The minimum atomic E-state index is -1.42. The summed E-state index contributed by atoms with van der Waals surface area (Å²) in [5.74, 6) is -0.168. The Kier molecular flexibility index (Phi) is 4.07. The van der Waals surface area contributed by atoms with E-state index in [1.54, 1.807) is 25.1 Å². The van der Waals surface area contributed by atoms with Gasteiger partial charge in [0.25, 0.3) is 0 Å². The van der Waals surface area contributed by atoms with Crippen LogP contribution in [-0.2, 0) is 15.6 Å². The van der Waals surface area contributed by atoms with Crippen LogP contribution in [0.1, 0.15) is 19.8 Å². The molecule has 4 nitrogen and oxygen atoms in total. The van der Waals surface area contributed by atoms with Crippen LogP contribution in [0.2, 0.25) is 0 Å². The second-order valence-corrected chi connectivity index (χ2v) is 7.06. The van der Waals surface area contributed by atoms with E-state index in [9.17, 15) is 9.00 Å². The predicted molar refractivity (Wildman–Crippen MR) is 75.6 cm³/mol. The van der Waals surface area contributed by atoms with E-state index in [4.69, 9.17) is 5.73 Å². The normalized spacial score (nSPS) is 18.1. The summed E-state index contributed by atoms with van der Waals surface area (Å²) in [5.41, 5.74) is 6.26. The van der Waals surface area contributed by atoms with Crippen molar-refractivity contribution in [3.63, 3.8) is 0 Å². The zero-order valence-corrected chi connectivity index (χ0v) is 12.4. The number of nitrogen functional groups attached to an aromatic ring is 1. The Morgan fingerprint density at radius 2 is 2.22 bits per heavy atom. The summed E-state index contributed by atoms with van der Waals surface area (Å²) in [5, 5.41) is 2.26. The third-order valence-corrected chi connectivity index (χ3v) is 4.96. The largest absolute Gasteiger partial charge is 0.398 e. The van der Waals surface area contributed by atoms with Gasteiger partial charge < -0.3 is 11.1 Å². The third kappa shape index (κ3) is 3.11. The Bertz CT molecular complexity index is 503. The van der Waals surface area contributed by atoms with Crippen molar-refractivity contribution in [1.29, 1.82) is 0 Å². The van der Waals surface area contributed by atoms with Crippen LogP contribution in [0.5, 0.6) is 0 Å². The van der Waals surface area contributed by atoms with Crippen LogP contribution >= 0.6 is 15.9 Å². The molecule has 2 unspecified atom stereocenters. The summed E-state index contributed by atoms with van der Waals surface area (Å²) in [7, 11) is -1.42. The number of nitrogens with two attached hydrogens (primary N) is 1. The number of anilines is 1. The molecule has 0 bridgehead atoms.